The van der Waals surface area contributed by atoms with E-state index in [2.05, 4.69) is 46.3 Å². The Morgan fingerprint density at radius 3 is 2.62 bits per heavy atom. The summed E-state index contributed by atoms with van der Waals surface area (Å²) < 4.78 is 1.14. The number of hydrogen-bond acceptors (Lipinski definition) is 2. The van der Waals surface area contributed by atoms with Gasteiger partial charge in [-0.15, -0.1) is 0 Å². The minimum absolute atomic E-state index is 1.14. The van der Waals surface area contributed by atoms with Gasteiger partial charge in [0.1, 0.15) is 0 Å². The number of allylic oxidation sites excluding steroid dienone is 1. The molecular weight excluding hydrogens is 264 g/mol. The fraction of sp³-hybridized carbons (Fsp3) is 0.200. The lowest BCUT2D eigenvalue weighted by Gasteiger charge is -1.96. The van der Waals surface area contributed by atoms with E-state index in [0.717, 1.165) is 4.47 Å². The molecule has 1 saturated heterocycles. The van der Waals surface area contributed by atoms with Gasteiger partial charge in [-0.1, -0.05) is 49.7 Å². The molecule has 1 aliphatic rings. The molecule has 0 spiro atoms. The average Bonchev–Trinajstić information content (AvgIpc) is 2.62. The van der Waals surface area contributed by atoms with Gasteiger partial charge in [0.05, 0.1) is 0 Å². The highest BCUT2D eigenvalue weighted by atomic mass is 79.9. The molecule has 0 amide bonds. The van der Waals surface area contributed by atoms with E-state index in [4.69, 9.17) is 0 Å². The van der Waals surface area contributed by atoms with Gasteiger partial charge < -0.3 is 0 Å². The van der Waals surface area contributed by atoms with Gasteiger partial charge in [0.25, 0.3) is 0 Å². The maximum absolute atomic E-state index is 3.43. The molecule has 1 aliphatic heterocycles. The Morgan fingerprint density at radius 2 is 2.00 bits per heavy atom. The molecule has 1 fully saturated rings. The molecule has 0 aromatic heterocycles. The van der Waals surface area contributed by atoms with Crippen LogP contribution in [0.25, 0.3) is 6.08 Å². The van der Waals surface area contributed by atoms with Gasteiger partial charge in [0.2, 0.25) is 0 Å². The van der Waals surface area contributed by atoms with E-state index < -0.39 is 0 Å². The van der Waals surface area contributed by atoms with Crippen LogP contribution in [0.1, 0.15) is 12.0 Å². The zero-order valence-electron chi connectivity index (χ0n) is 7.00. The predicted octanol–water partition coefficient (Wildman–Crippen LogP) is 4.58. The molecule has 1 aromatic carbocycles. The van der Waals surface area contributed by atoms with Gasteiger partial charge in [-0.3, -0.25) is 0 Å². The highest BCUT2D eigenvalue weighted by Gasteiger charge is 2.07. The molecule has 0 aliphatic carbocycles. The van der Waals surface area contributed by atoms with Crippen LogP contribution in [0.5, 0.6) is 0 Å². The smallest absolute Gasteiger partial charge is 0.0175 e. The fourth-order valence-electron chi connectivity index (χ4n) is 1.14. The molecule has 13 heavy (non-hydrogen) atoms. The number of rotatable bonds is 1. The topological polar surface area (TPSA) is 0 Å². The van der Waals surface area contributed by atoms with E-state index in [0.29, 0.717) is 0 Å². The van der Waals surface area contributed by atoms with Crippen molar-refractivity contribution in [3.8, 4) is 0 Å². The van der Waals surface area contributed by atoms with Crippen LogP contribution in [0.15, 0.2) is 33.6 Å². The van der Waals surface area contributed by atoms with Crippen LogP contribution in [0.4, 0.5) is 0 Å². The monoisotopic (exact) mass is 272 g/mol. The Hall–Kier alpha value is 0.140. The Bertz CT molecular complexity index is 308. The normalized spacial score (nSPS) is 19.6. The minimum Gasteiger partial charge on any atom is -0.0889 e. The summed E-state index contributed by atoms with van der Waals surface area (Å²) in [6, 6.07) is 8.44. The standard InChI is InChI=1S/C10H9BrS2/c11-9-3-1-8(2-4-9)7-10-5-6-12-13-10/h1-4,7H,5-6H2/b10-7+. The molecule has 0 nitrogen and oxygen atoms in total. The van der Waals surface area contributed by atoms with Crippen LogP contribution in [-0.2, 0) is 0 Å². The maximum atomic E-state index is 3.43. The van der Waals surface area contributed by atoms with E-state index in [9.17, 15) is 0 Å². The molecule has 0 unspecified atom stereocenters. The molecule has 0 radical (unpaired) electrons. The van der Waals surface area contributed by atoms with Crippen LogP contribution in [0.2, 0.25) is 0 Å². The molecule has 0 bridgehead atoms. The van der Waals surface area contributed by atoms with Crippen molar-refractivity contribution >= 4 is 43.6 Å². The highest BCUT2D eigenvalue weighted by Crippen LogP contribution is 2.41. The Kier molecular flexibility index (Phi) is 3.41. The summed E-state index contributed by atoms with van der Waals surface area (Å²) in [4.78, 5) is 1.49. The first-order valence-corrected chi connectivity index (χ1v) is 7.21. The van der Waals surface area contributed by atoms with Gasteiger partial charge in [-0.05, 0) is 35.1 Å². The second kappa shape index (κ2) is 4.58. The van der Waals surface area contributed by atoms with E-state index in [-0.39, 0.29) is 0 Å². The molecule has 0 saturated carbocycles. The van der Waals surface area contributed by atoms with Crippen molar-refractivity contribution in [2.24, 2.45) is 0 Å². The van der Waals surface area contributed by atoms with Crippen molar-refractivity contribution < 1.29 is 0 Å². The summed E-state index contributed by atoms with van der Waals surface area (Å²) in [7, 11) is 3.85. The fourth-order valence-corrected chi connectivity index (χ4v) is 3.79. The van der Waals surface area contributed by atoms with E-state index in [1.165, 1.54) is 22.6 Å². The third-order valence-corrected chi connectivity index (χ3v) is 4.84. The third-order valence-electron chi connectivity index (χ3n) is 1.80. The average molecular weight is 273 g/mol. The van der Waals surface area contributed by atoms with Crippen molar-refractivity contribution in [2.45, 2.75) is 6.42 Å². The molecule has 2 rings (SSSR count). The predicted molar refractivity (Wildman–Crippen MR) is 66.8 cm³/mol. The molecule has 3 heteroatoms. The SMILES string of the molecule is Brc1ccc(/C=C2\CCSS2)cc1. The summed E-state index contributed by atoms with van der Waals surface area (Å²) in [5.41, 5.74) is 1.30. The van der Waals surface area contributed by atoms with E-state index >= 15 is 0 Å². The lowest BCUT2D eigenvalue weighted by Crippen LogP contribution is -1.74. The van der Waals surface area contributed by atoms with Crippen LogP contribution >= 0.6 is 37.5 Å². The van der Waals surface area contributed by atoms with Gasteiger partial charge in [-0.25, -0.2) is 0 Å². The lowest BCUT2D eigenvalue weighted by atomic mass is 10.2. The Morgan fingerprint density at radius 1 is 1.23 bits per heavy atom. The third kappa shape index (κ3) is 2.79. The van der Waals surface area contributed by atoms with E-state index in [1.807, 2.05) is 21.6 Å². The summed E-state index contributed by atoms with van der Waals surface area (Å²) >= 11 is 3.43. The van der Waals surface area contributed by atoms with Crippen molar-refractivity contribution in [3.05, 3.63) is 39.2 Å². The zero-order chi connectivity index (χ0) is 9.10. The highest BCUT2D eigenvalue weighted by molar-refractivity contribution is 9.10. The summed E-state index contributed by atoms with van der Waals surface area (Å²) in [6.45, 7) is 0. The zero-order valence-corrected chi connectivity index (χ0v) is 10.2. The Labute approximate surface area is 94.7 Å². The molecule has 68 valence electrons. The van der Waals surface area contributed by atoms with Crippen molar-refractivity contribution in [1.82, 2.24) is 0 Å². The van der Waals surface area contributed by atoms with Crippen molar-refractivity contribution in [2.75, 3.05) is 5.75 Å². The quantitative estimate of drug-likeness (QED) is 0.687. The number of hydrogen-bond donors (Lipinski definition) is 0. The molecule has 1 aromatic rings. The summed E-state index contributed by atoms with van der Waals surface area (Å²) in [5.74, 6) is 1.26. The van der Waals surface area contributed by atoms with Crippen LogP contribution in [-0.4, -0.2) is 5.75 Å². The second-order valence-electron chi connectivity index (χ2n) is 2.82. The van der Waals surface area contributed by atoms with Crippen molar-refractivity contribution in [3.63, 3.8) is 0 Å². The van der Waals surface area contributed by atoms with Gasteiger partial charge in [0, 0.05) is 10.2 Å². The van der Waals surface area contributed by atoms with Gasteiger partial charge in [-0.2, -0.15) is 0 Å². The van der Waals surface area contributed by atoms with Crippen molar-refractivity contribution in [1.29, 1.82) is 0 Å². The van der Waals surface area contributed by atoms with Crippen LogP contribution in [0.3, 0.4) is 0 Å². The first-order valence-electron chi connectivity index (χ1n) is 4.10. The molecule has 0 N–H and O–H groups in total. The number of halogens is 1. The molecule has 1 heterocycles. The first kappa shape index (κ1) is 9.69. The first-order chi connectivity index (χ1) is 6.34. The number of benzene rings is 1. The van der Waals surface area contributed by atoms with Crippen LogP contribution < -0.4 is 0 Å². The van der Waals surface area contributed by atoms with E-state index in [1.54, 1.807) is 0 Å². The van der Waals surface area contributed by atoms with Gasteiger partial charge >= 0.3 is 0 Å². The largest absolute Gasteiger partial charge is 0.0889 e. The summed E-state index contributed by atoms with van der Waals surface area (Å²) in [6.07, 6.45) is 3.50. The summed E-state index contributed by atoms with van der Waals surface area (Å²) in [5, 5.41) is 0. The Balaban J connectivity index is 2.17. The lowest BCUT2D eigenvalue weighted by molar-refractivity contribution is 1.25. The van der Waals surface area contributed by atoms with Crippen LogP contribution in [0, 0.1) is 0 Å². The second-order valence-corrected chi connectivity index (χ2v) is 6.28. The minimum atomic E-state index is 1.14. The van der Waals surface area contributed by atoms with Gasteiger partial charge in [0.15, 0.2) is 0 Å². The maximum Gasteiger partial charge on any atom is 0.0175 e. The molecule has 0 atom stereocenters. The molecular formula is C10H9BrS2.